The van der Waals surface area contributed by atoms with Crippen molar-refractivity contribution in [2.45, 2.75) is 65.4 Å². The number of halogens is 1. The molecular weight excluding hydrogens is 234 g/mol. The summed E-state index contributed by atoms with van der Waals surface area (Å²) in [5.41, 5.74) is 0. The third-order valence-corrected chi connectivity index (χ3v) is 2.87. The lowest BCUT2D eigenvalue weighted by atomic mass is 10.1. The molecule has 0 aliphatic heterocycles. The van der Waals surface area contributed by atoms with Crippen LogP contribution in [-0.2, 0) is 4.74 Å². The van der Waals surface area contributed by atoms with Crippen molar-refractivity contribution in [1.29, 1.82) is 0 Å². The van der Waals surface area contributed by atoms with Crippen LogP contribution in [0, 0.1) is 0 Å². The van der Waals surface area contributed by atoms with E-state index in [-0.39, 0.29) is 12.4 Å². The van der Waals surface area contributed by atoms with Gasteiger partial charge in [-0.1, -0.05) is 32.6 Å². The van der Waals surface area contributed by atoms with E-state index in [0.29, 0.717) is 6.10 Å². The molecule has 0 radical (unpaired) electrons. The van der Waals surface area contributed by atoms with Gasteiger partial charge in [0, 0.05) is 0 Å². The Bertz CT molecular complexity index is 160. The Hall–Kier alpha value is 0.210. The molecule has 0 fully saturated rings. The molecule has 0 unspecified atom stereocenters. The summed E-state index contributed by atoms with van der Waals surface area (Å²) in [5.74, 6) is 0. The third kappa shape index (κ3) is 14.1. The van der Waals surface area contributed by atoms with E-state index in [2.05, 4.69) is 34.9 Å². The van der Waals surface area contributed by atoms with Gasteiger partial charge in [0.2, 0.25) is 0 Å². The molecule has 0 amide bonds. The lowest BCUT2D eigenvalue weighted by Crippen LogP contribution is -3.00. The van der Waals surface area contributed by atoms with Gasteiger partial charge in [0.25, 0.3) is 0 Å². The predicted molar refractivity (Wildman–Crippen MR) is 71.4 cm³/mol. The summed E-state index contributed by atoms with van der Waals surface area (Å²) >= 11 is 0. The van der Waals surface area contributed by atoms with Crippen LogP contribution in [0.25, 0.3) is 0 Å². The first-order chi connectivity index (χ1) is 7.48. The fraction of sp³-hybridized carbons (Fsp3) is 1.00. The summed E-state index contributed by atoms with van der Waals surface area (Å²) in [6, 6.07) is 0. The zero-order valence-corrected chi connectivity index (χ0v) is 13.2. The molecule has 0 aromatic rings. The van der Waals surface area contributed by atoms with Gasteiger partial charge in [0.15, 0.2) is 6.73 Å². The van der Waals surface area contributed by atoms with Gasteiger partial charge >= 0.3 is 0 Å². The number of hydrogen-bond donors (Lipinski definition) is 0. The van der Waals surface area contributed by atoms with Crippen LogP contribution in [0.1, 0.15) is 59.3 Å². The van der Waals surface area contributed by atoms with Crippen molar-refractivity contribution in [1.82, 2.24) is 0 Å². The highest BCUT2D eigenvalue weighted by molar-refractivity contribution is 4.43. The highest BCUT2D eigenvalue weighted by Gasteiger charge is 2.14. The van der Waals surface area contributed by atoms with Crippen LogP contribution in [0.5, 0.6) is 0 Å². The molecule has 17 heavy (non-hydrogen) atoms. The maximum absolute atomic E-state index is 5.67. The van der Waals surface area contributed by atoms with Crippen LogP contribution >= 0.6 is 0 Å². The fourth-order valence-electron chi connectivity index (χ4n) is 1.74. The molecule has 0 saturated heterocycles. The zero-order chi connectivity index (χ0) is 12.4. The molecule has 0 aromatic heterocycles. The number of nitrogens with zero attached hydrogens (tertiary/aromatic N) is 1. The molecule has 0 heterocycles. The Kier molecular flexibility index (Phi) is 13.0. The van der Waals surface area contributed by atoms with Crippen molar-refractivity contribution in [3.05, 3.63) is 0 Å². The highest BCUT2D eigenvalue weighted by Crippen LogP contribution is 2.08. The minimum atomic E-state index is 0. The molecule has 0 N–H and O–H groups in total. The number of rotatable bonds is 10. The lowest BCUT2D eigenvalue weighted by Gasteiger charge is -2.30. The van der Waals surface area contributed by atoms with E-state index in [1.807, 2.05) is 0 Å². The summed E-state index contributed by atoms with van der Waals surface area (Å²) in [6.07, 6.45) is 8.60. The fourth-order valence-corrected chi connectivity index (χ4v) is 1.74. The van der Waals surface area contributed by atoms with E-state index >= 15 is 0 Å². The van der Waals surface area contributed by atoms with Crippen LogP contribution in [0.3, 0.4) is 0 Å². The predicted octanol–water partition coefficient (Wildman–Crippen LogP) is 0.810. The quantitative estimate of drug-likeness (QED) is 0.323. The minimum absolute atomic E-state index is 0. The van der Waals surface area contributed by atoms with E-state index < -0.39 is 0 Å². The first kappa shape index (κ1) is 19.5. The third-order valence-electron chi connectivity index (χ3n) is 2.87. The van der Waals surface area contributed by atoms with Crippen molar-refractivity contribution in [3.63, 3.8) is 0 Å². The molecule has 0 aromatic carbocycles. The molecule has 0 spiro atoms. The summed E-state index contributed by atoms with van der Waals surface area (Å²) < 4.78 is 6.67. The van der Waals surface area contributed by atoms with Gasteiger partial charge in [-0.2, -0.15) is 0 Å². The number of hydrogen-bond acceptors (Lipinski definition) is 1. The van der Waals surface area contributed by atoms with Gasteiger partial charge in [0.1, 0.15) is 0 Å². The summed E-state index contributed by atoms with van der Waals surface area (Å²) in [5, 5.41) is 0. The summed E-state index contributed by atoms with van der Waals surface area (Å²) in [6.45, 7) is 8.55. The molecule has 0 bridgehead atoms. The molecule has 0 aliphatic rings. The molecule has 3 heteroatoms. The Morgan fingerprint density at radius 2 is 1.47 bits per heavy atom. The Morgan fingerprint density at radius 3 is 2.00 bits per heavy atom. The Labute approximate surface area is 115 Å². The number of ether oxygens (including phenoxy) is 1. The summed E-state index contributed by atoms with van der Waals surface area (Å²) in [4.78, 5) is 0. The minimum Gasteiger partial charge on any atom is -1.00 e. The largest absolute Gasteiger partial charge is 1.00 e. The second-order valence-corrected chi connectivity index (χ2v) is 5.77. The van der Waals surface area contributed by atoms with Gasteiger partial charge in [-0.25, -0.2) is 0 Å². The smallest absolute Gasteiger partial charge is 0.183 e. The van der Waals surface area contributed by atoms with Gasteiger partial charge in [0.05, 0.1) is 26.7 Å². The van der Waals surface area contributed by atoms with Crippen LogP contribution in [0.15, 0.2) is 0 Å². The van der Waals surface area contributed by atoms with Gasteiger partial charge in [-0.3, -0.25) is 0 Å². The zero-order valence-electron chi connectivity index (χ0n) is 12.5. The van der Waals surface area contributed by atoms with Crippen LogP contribution in [0.4, 0.5) is 0 Å². The van der Waals surface area contributed by atoms with Crippen LogP contribution in [0.2, 0.25) is 0 Å². The average molecular weight is 266 g/mol. The van der Waals surface area contributed by atoms with Crippen LogP contribution in [-0.4, -0.2) is 38.0 Å². The monoisotopic (exact) mass is 265 g/mol. The van der Waals surface area contributed by atoms with E-state index in [4.69, 9.17) is 4.74 Å². The van der Waals surface area contributed by atoms with Crippen molar-refractivity contribution in [3.8, 4) is 0 Å². The number of unbranched alkanes of at least 4 members (excludes halogenated alkanes) is 5. The van der Waals surface area contributed by atoms with E-state index in [0.717, 1.165) is 11.2 Å². The second-order valence-electron chi connectivity index (χ2n) is 5.77. The van der Waals surface area contributed by atoms with Gasteiger partial charge < -0.3 is 21.6 Å². The van der Waals surface area contributed by atoms with Crippen molar-refractivity contribution in [2.24, 2.45) is 0 Å². The molecular formula is C14H32ClNO. The standard InChI is InChI=1S/C14H32NO.ClH/c1-6-7-8-9-10-11-12-15(4,5)13-16-14(2)3;/h14H,6-13H2,1-5H3;1H/q+1;/p-1. The first-order valence-electron chi connectivity index (χ1n) is 6.91. The molecule has 0 atom stereocenters. The van der Waals surface area contributed by atoms with Crippen LogP contribution < -0.4 is 12.4 Å². The average Bonchev–Trinajstić information content (AvgIpc) is 2.21. The molecule has 2 nitrogen and oxygen atoms in total. The molecule has 0 saturated carbocycles. The van der Waals surface area contributed by atoms with E-state index in [9.17, 15) is 0 Å². The Morgan fingerprint density at radius 1 is 0.941 bits per heavy atom. The molecule has 106 valence electrons. The van der Waals surface area contributed by atoms with Crippen molar-refractivity contribution in [2.75, 3.05) is 27.4 Å². The lowest BCUT2D eigenvalue weighted by molar-refractivity contribution is -0.910. The number of quaternary nitrogens is 1. The molecule has 0 rings (SSSR count). The topological polar surface area (TPSA) is 9.23 Å². The SMILES string of the molecule is CCCCCCCC[N+](C)(C)COC(C)C.[Cl-]. The highest BCUT2D eigenvalue weighted by atomic mass is 35.5. The first-order valence-corrected chi connectivity index (χ1v) is 6.91. The maximum atomic E-state index is 5.67. The van der Waals surface area contributed by atoms with E-state index in [1.165, 1.54) is 45.1 Å². The second kappa shape index (κ2) is 11.3. The van der Waals surface area contributed by atoms with Crippen molar-refractivity contribution < 1.29 is 21.6 Å². The summed E-state index contributed by atoms with van der Waals surface area (Å²) in [7, 11) is 4.52. The molecule has 0 aliphatic carbocycles. The van der Waals surface area contributed by atoms with Gasteiger partial charge in [-0.05, 0) is 26.7 Å². The normalized spacial score (nSPS) is 11.6. The van der Waals surface area contributed by atoms with Gasteiger partial charge in [-0.15, -0.1) is 0 Å². The van der Waals surface area contributed by atoms with Crippen molar-refractivity contribution >= 4 is 0 Å². The van der Waals surface area contributed by atoms with E-state index in [1.54, 1.807) is 0 Å². The Balaban J connectivity index is 0. The maximum Gasteiger partial charge on any atom is 0.183 e.